The second-order valence-electron chi connectivity index (χ2n) is 5.84. The smallest absolute Gasteiger partial charge is 0.304 e. The van der Waals surface area contributed by atoms with Crippen LogP contribution in [0.4, 0.5) is 0 Å². The van der Waals surface area contributed by atoms with Crippen molar-refractivity contribution in [1.82, 2.24) is 4.90 Å². The van der Waals surface area contributed by atoms with Crippen LogP contribution in [0.25, 0.3) is 0 Å². The summed E-state index contributed by atoms with van der Waals surface area (Å²) in [6.07, 6.45) is 9.94. The molecule has 1 N–H and O–H groups in total. The van der Waals surface area contributed by atoms with E-state index in [4.69, 9.17) is 5.11 Å². The van der Waals surface area contributed by atoms with Gasteiger partial charge < -0.3 is 10.0 Å². The molecule has 3 heterocycles. The molecule has 3 aliphatic rings. The van der Waals surface area contributed by atoms with Crippen LogP contribution in [0.3, 0.4) is 0 Å². The lowest BCUT2D eigenvalue weighted by molar-refractivity contribution is -0.138. The Hall–Kier alpha value is -1.89. The van der Waals surface area contributed by atoms with Crippen molar-refractivity contribution in [2.75, 3.05) is 12.8 Å². The van der Waals surface area contributed by atoms with Gasteiger partial charge >= 0.3 is 5.97 Å². The van der Waals surface area contributed by atoms with E-state index < -0.39 is 15.8 Å². The number of carboxylic acids is 1. The third-order valence-corrected chi connectivity index (χ3v) is 5.29. The number of carbonyl (C=O) groups is 1. The number of hydrogen-bond donors (Lipinski definition) is 1. The molecule has 2 atom stereocenters. The Kier molecular flexibility index (Phi) is 3.68. The van der Waals surface area contributed by atoms with E-state index in [1.807, 2.05) is 12.2 Å². The molecule has 0 radical (unpaired) electrons. The molecule has 7 heteroatoms. The highest BCUT2D eigenvalue weighted by molar-refractivity contribution is 7.94. The molecule has 6 nitrogen and oxygen atoms in total. The van der Waals surface area contributed by atoms with Gasteiger partial charge in [-0.1, -0.05) is 6.08 Å². The SMILES string of the molecule is CS(=O)(=O)C1=C2C=C3C(CC(=O)O)CCCN3C2C=CC=N1. The number of aliphatic carboxylic acids is 1. The Labute approximate surface area is 129 Å². The maximum Gasteiger partial charge on any atom is 0.304 e. The molecule has 0 saturated carbocycles. The molecule has 0 aliphatic carbocycles. The van der Waals surface area contributed by atoms with Crippen LogP contribution in [0.5, 0.6) is 0 Å². The first-order valence-corrected chi connectivity index (χ1v) is 9.12. The zero-order valence-corrected chi connectivity index (χ0v) is 13.1. The Morgan fingerprint density at radius 1 is 1.50 bits per heavy atom. The molecule has 1 saturated heterocycles. The van der Waals surface area contributed by atoms with Crippen LogP contribution in [-0.2, 0) is 14.6 Å². The molecule has 0 spiro atoms. The minimum atomic E-state index is -3.43. The molecule has 0 aromatic rings. The van der Waals surface area contributed by atoms with E-state index in [9.17, 15) is 13.2 Å². The Morgan fingerprint density at radius 2 is 2.27 bits per heavy atom. The number of aliphatic imine (C=N–C) groups is 1. The summed E-state index contributed by atoms with van der Waals surface area (Å²) in [7, 11) is -3.43. The Morgan fingerprint density at radius 3 is 2.95 bits per heavy atom. The second-order valence-corrected chi connectivity index (χ2v) is 7.77. The Bertz CT molecular complexity index is 731. The molecule has 2 unspecified atom stereocenters. The number of carboxylic acid groups (broad SMARTS) is 1. The number of nitrogens with zero attached hydrogens (tertiary/aromatic N) is 2. The van der Waals surface area contributed by atoms with Gasteiger partial charge in [0.2, 0.25) is 0 Å². The van der Waals surface area contributed by atoms with Crippen molar-refractivity contribution in [1.29, 1.82) is 0 Å². The third kappa shape index (κ3) is 2.61. The van der Waals surface area contributed by atoms with Crippen LogP contribution in [-0.4, -0.2) is 49.5 Å². The summed E-state index contributed by atoms with van der Waals surface area (Å²) >= 11 is 0. The zero-order valence-electron chi connectivity index (χ0n) is 12.3. The summed E-state index contributed by atoms with van der Waals surface area (Å²) in [5, 5.41) is 9.16. The fraction of sp³-hybridized carbons (Fsp3) is 0.467. The van der Waals surface area contributed by atoms with E-state index in [0.717, 1.165) is 31.3 Å². The largest absolute Gasteiger partial charge is 0.481 e. The van der Waals surface area contributed by atoms with Crippen molar-refractivity contribution in [3.63, 3.8) is 0 Å². The number of hydrogen-bond acceptors (Lipinski definition) is 5. The van der Waals surface area contributed by atoms with Crippen molar-refractivity contribution in [2.45, 2.75) is 25.3 Å². The monoisotopic (exact) mass is 322 g/mol. The van der Waals surface area contributed by atoms with E-state index in [0.29, 0.717) is 5.57 Å². The van der Waals surface area contributed by atoms with Crippen LogP contribution in [0.2, 0.25) is 0 Å². The van der Waals surface area contributed by atoms with Gasteiger partial charge in [-0.25, -0.2) is 13.4 Å². The lowest BCUT2D eigenvalue weighted by Gasteiger charge is -2.36. The lowest BCUT2D eigenvalue weighted by Crippen LogP contribution is -2.37. The maximum atomic E-state index is 12.0. The van der Waals surface area contributed by atoms with Gasteiger partial charge in [-0.15, -0.1) is 0 Å². The summed E-state index contributed by atoms with van der Waals surface area (Å²) in [5.41, 5.74) is 1.58. The first kappa shape index (κ1) is 15.0. The van der Waals surface area contributed by atoms with Crippen LogP contribution in [0.1, 0.15) is 19.3 Å². The van der Waals surface area contributed by atoms with Gasteiger partial charge in [-0.05, 0) is 25.0 Å². The fourth-order valence-corrected chi connectivity index (χ4v) is 4.26. The molecule has 22 heavy (non-hydrogen) atoms. The number of allylic oxidation sites excluding steroid dienone is 2. The van der Waals surface area contributed by atoms with E-state index in [1.54, 1.807) is 6.08 Å². The number of fused-ring (bicyclic) bond motifs is 3. The van der Waals surface area contributed by atoms with Crippen molar-refractivity contribution in [3.8, 4) is 0 Å². The first-order chi connectivity index (χ1) is 10.4. The maximum absolute atomic E-state index is 12.0. The topological polar surface area (TPSA) is 87.0 Å². The van der Waals surface area contributed by atoms with Crippen LogP contribution >= 0.6 is 0 Å². The van der Waals surface area contributed by atoms with Gasteiger partial charge in [-0.3, -0.25) is 4.79 Å². The molecule has 0 bridgehead atoms. The summed E-state index contributed by atoms with van der Waals surface area (Å²) in [5.74, 6) is -0.894. The highest BCUT2D eigenvalue weighted by Crippen LogP contribution is 2.41. The predicted octanol–water partition coefficient (Wildman–Crippen LogP) is 1.34. The van der Waals surface area contributed by atoms with Gasteiger partial charge in [0.05, 0.1) is 12.5 Å². The molecular formula is C15H18N2O4S. The summed E-state index contributed by atoms with van der Waals surface area (Å²) in [4.78, 5) is 17.2. The van der Waals surface area contributed by atoms with Gasteiger partial charge in [0, 0.05) is 36.2 Å². The molecule has 0 aromatic carbocycles. The molecule has 0 aromatic heterocycles. The predicted molar refractivity (Wildman–Crippen MR) is 83.1 cm³/mol. The quantitative estimate of drug-likeness (QED) is 0.847. The van der Waals surface area contributed by atoms with Crippen LogP contribution in [0.15, 0.2) is 39.5 Å². The van der Waals surface area contributed by atoms with Crippen molar-refractivity contribution in [3.05, 3.63) is 34.5 Å². The van der Waals surface area contributed by atoms with Gasteiger partial charge in [0.1, 0.15) is 0 Å². The molecular weight excluding hydrogens is 304 g/mol. The minimum absolute atomic E-state index is 0.0659. The average Bonchev–Trinajstić information content (AvgIpc) is 2.63. The van der Waals surface area contributed by atoms with Gasteiger partial charge in [0.25, 0.3) is 0 Å². The van der Waals surface area contributed by atoms with Gasteiger partial charge in [-0.2, -0.15) is 0 Å². The molecule has 1 fully saturated rings. The van der Waals surface area contributed by atoms with E-state index >= 15 is 0 Å². The third-order valence-electron chi connectivity index (χ3n) is 4.25. The Balaban J connectivity index is 2.09. The molecule has 0 amide bonds. The fourth-order valence-electron chi connectivity index (χ4n) is 3.40. The summed E-state index contributed by atoms with van der Waals surface area (Å²) in [6.45, 7) is 0.803. The summed E-state index contributed by atoms with van der Waals surface area (Å²) in [6, 6.07) is -0.168. The lowest BCUT2D eigenvalue weighted by atomic mass is 9.91. The van der Waals surface area contributed by atoms with E-state index in [1.165, 1.54) is 6.21 Å². The van der Waals surface area contributed by atoms with Crippen molar-refractivity contribution < 1.29 is 18.3 Å². The number of sulfone groups is 1. The van der Waals surface area contributed by atoms with E-state index in [-0.39, 0.29) is 23.4 Å². The molecule has 3 rings (SSSR count). The van der Waals surface area contributed by atoms with Crippen molar-refractivity contribution >= 4 is 22.0 Å². The minimum Gasteiger partial charge on any atom is -0.481 e. The standard InChI is InChI=1S/C15H18N2O4S/c1-22(20,21)15-11-9-13-10(8-14(18)19)4-3-7-17(13)12(11)5-2-6-16-15/h2,5-6,9-10,12H,3-4,7-8H2,1H3,(H,18,19). The van der Waals surface area contributed by atoms with E-state index in [2.05, 4.69) is 9.89 Å². The number of piperidine rings is 1. The first-order valence-electron chi connectivity index (χ1n) is 7.23. The zero-order chi connectivity index (χ0) is 15.9. The number of rotatable bonds is 3. The van der Waals surface area contributed by atoms with Gasteiger partial charge in [0.15, 0.2) is 14.9 Å². The van der Waals surface area contributed by atoms with Crippen molar-refractivity contribution in [2.24, 2.45) is 10.9 Å². The average molecular weight is 322 g/mol. The normalized spacial score (nSPS) is 27.3. The molecule has 118 valence electrons. The summed E-state index contributed by atoms with van der Waals surface area (Å²) < 4.78 is 24.0. The highest BCUT2D eigenvalue weighted by atomic mass is 32.2. The molecule has 3 aliphatic heterocycles. The van der Waals surface area contributed by atoms with Crippen LogP contribution < -0.4 is 0 Å². The highest BCUT2D eigenvalue weighted by Gasteiger charge is 2.38. The second kappa shape index (κ2) is 5.39. The van der Waals surface area contributed by atoms with Crippen LogP contribution in [0, 0.1) is 5.92 Å².